The van der Waals surface area contributed by atoms with Crippen LogP contribution < -0.4 is 15.5 Å². The first-order valence-electron chi connectivity index (χ1n) is 8.66. The highest BCUT2D eigenvalue weighted by molar-refractivity contribution is 8.04. The van der Waals surface area contributed by atoms with Crippen molar-refractivity contribution in [3.8, 4) is 0 Å². The molecule has 0 spiro atoms. The summed E-state index contributed by atoms with van der Waals surface area (Å²) in [7, 11) is 0. The van der Waals surface area contributed by atoms with Gasteiger partial charge in [0.25, 0.3) is 5.91 Å². The molecule has 4 heterocycles. The topological polar surface area (TPSA) is 85.9 Å². The number of hydrogen-bond donors (Lipinski definition) is 3. The number of H-pyrrole nitrogens is 1. The molecule has 0 aliphatic carbocycles. The Hall–Kier alpha value is -2.06. The minimum Gasteiger partial charge on any atom is -0.348 e. The molecule has 2 aliphatic heterocycles. The highest BCUT2D eigenvalue weighted by atomic mass is 32.2. The smallest absolute Gasteiger partial charge is 0.259 e. The van der Waals surface area contributed by atoms with Crippen LogP contribution in [0.5, 0.6) is 0 Å². The summed E-state index contributed by atoms with van der Waals surface area (Å²) in [5.74, 6) is 1.68. The predicted molar refractivity (Wildman–Crippen MR) is 100 cm³/mol. The average molecular weight is 358 g/mol. The van der Waals surface area contributed by atoms with Gasteiger partial charge in [-0.25, -0.2) is 9.97 Å². The normalized spacial score (nSPS) is 22.0. The van der Waals surface area contributed by atoms with Crippen molar-refractivity contribution in [3.63, 3.8) is 0 Å². The number of rotatable bonds is 4. The SMILES string of the molecule is CC(NC(=O)C1=CN(c2ncnc3[nH]ccc23)CCS1)[C@H]1CCCN1. The molecular formula is C17H22N6OS. The lowest BCUT2D eigenvalue weighted by atomic mass is 10.1. The Morgan fingerprint density at radius 3 is 3.24 bits per heavy atom. The molecule has 1 saturated heterocycles. The van der Waals surface area contributed by atoms with Gasteiger partial charge in [0, 0.05) is 36.8 Å². The van der Waals surface area contributed by atoms with Crippen molar-refractivity contribution in [1.82, 2.24) is 25.6 Å². The van der Waals surface area contributed by atoms with Crippen molar-refractivity contribution < 1.29 is 4.79 Å². The van der Waals surface area contributed by atoms with Gasteiger partial charge in [-0.15, -0.1) is 11.8 Å². The number of amides is 1. The van der Waals surface area contributed by atoms with E-state index >= 15 is 0 Å². The molecular weight excluding hydrogens is 336 g/mol. The van der Waals surface area contributed by atoms with Gasteiger partial charge in [-0.05, 0) is 32.4 Å². The molecule has 2 aromatic heterocycles. The number of aromatic amines is 1. The molecule has 25 heavy (non-hydrogen) atoms. The van der Waals surface area contributed by atoms with Crippen LogP contribution in [0.3, 0.4) is 0 Å². The maximum absolute atomic E-state index is 12.7. The highest BCUT2D eigenvalue weighted by Crippen LogP contribution is 2.29. The molecule has 1 amide bonds. The number of fused-ring (bicyclic) bond motifs is 1. The molecule has 0 bridgehead atoms. The fourth-order valence-corrected chi connectivity index (χ4v) is 4.29. The fraction of sp³-hybridized carbons (Fsp3) is 0.471. The molecule has 8 heteroatoms. The van der Waals surface area contributed by atoms with E-state index in [1.54, 1.807) is 18.1 Å². The Bertz CT molecular complexity index is 797. The van der Waals surface area contributed by atoms with Crippen molar-refractivity contribution in [1.29, 1.82) is 0 Å². The second-order valence-corrected chi connectivity index (χ2v) is 7.57. The minimum atomic E-state index is -0.00438. The average Bonchev–Trinajstić information content (AvgIpc) is 3.33. The summed E-state index contributed by atoms with van der Waals surface area (Å²) in [4.78, 5) is 27.2. The molecule has 0 radical (unpaired) electrons. The van der Waals surface area contributed by atoms with Crippen LogP contribution in [0.15, 0.2) is 29.7 Å². The highest BCUT2D eigenvalue weighted by Gasteiger charge is 2.25. The molecule has 1 unspecified atom stereocenters. The third kappa shape index (κ3) is 3.36. The second-order valence-electron chi connectivity index (χ2n) is 6.44. The first kappa shape index (κ1) is 16.4. The van der Waals surface area contributed by atoms with E-state index in [4.69, 9.17) is 0 Å². The Labute approximate surface area is 150 Å². The number of aromatic nitrogens is 3. The van der Waals surface area contributed by atoms with Crippen LogP contribution in [0.1, 0.15) is 19.8 Å². The van der Waals surface area contributed by atoms with Gasteiger partial charge >= 0.3 is 0 Å². The summed E-state index contributed by atoms with van der Waals surface area (Å²) in [6.45, 7) is 3.93. The predicted octanol–water partition coefficient (Wildman–Crippen LogP) is 1.61. The van der Waals surface area contributed by atoms with Crippen LogP contribution in [-0.4, -0.2) is 51.8 Å². The molecule has 0 saturated carbocycles. The van der Waals surface area contributed by atoms with Gasteiger partial charge in [0.15, 0.2) is 0 Å². The summed E-state index contributed by atoms with van der Waals surface area (Å²) in [6, 6.07) is 2.46. The molecule has 0 aromatic carbocycles. The number of nitrogens with zero attached hydrogens (tertiary/aromatic N) is 3. The van der Waals surface area contributed by atoms with Gasteiger partial charge in [0.05, 0.1) is 10.3 Å². The Kier molecular flexibility index (Phi) is 4.63. The number of thioether (sulfide) groups is 1. The van der Waals surface area contributed by atoms with E-state index in [1.807, 2.05) is 23.4 Å². The van der Waals surface area contributed by atoms with Crippen LogP contribution in [0.4, 0.5) is 5.82 Å². The molecule has 3 N–H and O–H groups in total. The Morgan fingerprint density at radius 1 is 1.48 bits per heavy atom. The minimum absolute atomic E-state index is 0.00438. The van der Waals surface area contributed by atoms with Gasteiger partial charge < -0.3 is 20.5 Å². The first-order chi connectivity index (χ1) is 12.2. The maximum Gasteiger partial charge on any atom is 0.259 e. The van der Waals surface area contributed by atoms with Gasteiger partial charge in [-0.1, -0.05) is 0 Å². The quantitative estimate of drug-likeness (QED) is 0.770. The number of anilines is 1. The molecule has 2 aromatic rings. The standard InChI is InChI=1S/C17H22N6OS/c1-11(13-3-2-5-18-13)22-17(24)14-9-23(7-8-25-14)16-12-4-6-19-15(12)20-10-21-16/h4,6,9-11,13,18H,2-3,5,7-8H2,1H3,(H,22,24)(H,19,20,21)/t11?,13-/m1/s1. The van der Waals surface area contributed by atoms with E-state index in [0.29, 0.717) is 6.04 Å². The van der Waals surface area contributed by atoms with Crippen LogP contribution in [0.2, 0.25) is 0 Å². The van der Waals surface area contributed by atoms with E-state index in [9.17, 15) is 4.79 Å². The number of hydrogen-bond acceptors (Lipinski definition) is 6. The maximum atomic E-state index is 12.7. The Morgan fingerprint density at radius 2 is 2.40 bits per heavy atom. The molecule has 132 valence electrons. The van der Waals surface area contributed by atoms with Crippen molar-refractivity contribution >= 4 is 34.5 Å². The zero-order valence-corrected chi connectivity index (χ0v) is 15.0. The zero-order valence-electron chi connectivity index (χ0n) is 14.2. The van der Waals surface area contributed by atoms with Gasteiger partial charge in [-0.2, -0.15) is 0 Å². The van der Waals surface area contributed by atoms with E-state index in [2.05, 4.69) is 32.5 Å². The van der Waals surface area contributed by atoms with Gasteiger partial charge in [-0.3, -0.25) is 4.79 Å². The van der Waals surface area contributed by atoms with Crippen LogP contribution in [0, 0.1) is 0 Å². The second kappa shape index (κ2) is 7.05. The summed E-state index contributed by atoms with van der Waals surface area (Å²) >= 11 is 1.60. The zero-order chi connectivity index (χ0) is 17.2. The summed E-state index contributed by atoms with van der Waals surface area (Å²) in [6.07, 6.45) is 7.61. The number of carbonyl (C=O) groups excluding carboxylic acids is 1. The van der Waals surface area contributed by atoms with E-state index in [1.165, 1.54) is 6.42 Å². The summed E-state index contributed by atoms with van der Waals surface area (Å²) < 4.78 is 0. The lowest BCUT2D eigenvalue weighted by molar-refractivity contribution is -0.117. The fourth-order valence-electron chi connectivity index (χ4n) is 3.39. The van der Waals surface area contributed by atoms with Crippen molar-refractivity contribution in [2.24, 2.45) is 0 Å². The third-order valence-electron chi connectivity index (χ3n) is 4.75. The molecule has 1 fully saturated rings. The van der Waals surface area contributed by atoms with Gasteiger partial charge in [0.2, 0.25) is 0 Å². The largest absolute Gasteiger partial charge is 0.348 e. The lowest BCUT2D eigenvalue weighted by Gasteiger charge is -2.27. The Balaban J connectivity index is 1.52. The van der Waals surface area contributed by atoms with Crippen LogP contribution >= 0.6 is 11.8 Å². The molecule has 2 atom stereocenters. The van der Waals surface area contributed by atoms with Crippen LogP contribution in [-0.2, 0) is 4.79 Å². The van der Waals surface area contributed by atoms with E-state index in [0.717, 1.165) is 47.0 Å². The third-order valence-corrected chi connectivity index (χ3v) is 5.74. The number of carbonyl (C=O) groups is 1. The lowest BCUT2D eigenvalue weighted by Crippen LogP contribution is -2.46. The summed E-state index contributed by atoms with van der Waals surface area (Å²) in [5, 5.41) is 7.55. The molecule has 7 nitrogen and oxygen atoms in total. The van der Waals surface area contributed by atoms with E-state index < -0.39 is 0 Å². The van der Waals surface area contributed by atoms with Crippen molar-refractivity contribution in [3.05, 3.63) is 29.7 Å². The van der Waals surface area contributed by atoms with Crippen LogP contribution in [0.25, 0.3) is 11.0 Å². The monoisotopic (exact) mass is 358 g/mol. The van der Waals surface area contributed by atoms with Gasteiger partial charge in [0.1, 0.15) is 17.8 Å². The summed E-state index contributed by atoms with van der Waals surface area (Å²) in [5.41, 5.74) is 0.809. The van der Waals surface area contributed by atoms with Crippen molar-refractivity contribution in [2.75, 3.05) is 23.7 Å². The first-order valence-corrected chi connectivity index (χ1v) is 9.64. The van der Waals surface area contributed by atoms with Crippen molar-refractivity contribution in [2.45, 2.75) is 31.8 Å². The molecule has 2 aliphatic rings. The van der Waals surface area contributed by atoms with E-state index in [-0.39, 0.29) is 11.9 Å². The number of nitrogens with one attached hydrogen (secondary N) is 3. The molecule has 4 rings (SSSR count).